The van der Waals surface area contributed by atoms with Crippen LogP contribution in [0.5, 0.6) is 5.75 Å². The van der Waals surface area contributed by atoms with Crippen LogP contribution in [0.2, 0.25) is 0 Å². The minimum Gasteiger partial charge on any atom is -0.490 e. The summed E-state index contributed by atoms with van der Waals surface area (Å²) in [6.45, 7) is 0.406. The highest BCUT2D eigenvalue weighted by Crippen LogP contribution is 2.37. The van der Waals surface area contributed by atoms with Crippen molar-refractivity contribution in [3.8, 4) is 17.1 Å². The fraction of sp³-hybridized carbons (Fsp3) is 0.158. The fourth-order valence-electron chi connectivity index (χ4n) is 3.34. The zero-order valence-corrected chi connectivity index (χ0v) is 14.7. The highest BCUT2D eigenvalue weighted by atomic mass is 19.1. The van der Waals surface area contributed by atoms with E-state index in [1.807, 2.05) is 6.07 Å². The predicted octanol–water partition coefficient (Wildman–Crippen LogP) is 2.84. The Balaban J connectivity index is 1.52. The van der Waals surface area contributed by atoms with Gasteiger partial charge >= 0.3 is 0 Å². The Kier molecular flexibility index (Phi) is 3.78. The zero-order chi connectivity index (χ0) is 19.1. The molecule has 9 heteroatoms. The molecule has 1 aliphatic rings. The molecule has 0 saturated heterocycles. The van der Waals surface area contributed by atoms with E-state index in [4.69, 9.17) is 10.5 Å². The molecule has 1 aromatic carbocycles. The Bertz CT molecular complexity index is 1180. The van der Waals surface area contributed by atoms with Gasteiger partial charge in [0.2, 0.25) is 0 Å². The molecular weight excluding hydrogens is 361 g/mol. The lowest BCUT2D eigenvalue weighted by atomic mass is 10.0. The second-order valence-electron chi connectivity index (χ2n) is 6.45. The highest BCUT2D eigenvalue weighted by molar-refractivity contribution is 5.76. The maximum Gasteiger partial charge on any atom is 0.165 e. The van der Waals surface area contributed by atoms with Gasteiger partial charge < -0.3 is 15.8 Å². The van der Waals surface area contributed by atoms with Gasteiger partial charge in [-0.1, -0.05) is 12.1 Å². The lowest BCUT2D eigenvalue weighted by Crippen LogP contribution is -2.22. The second kappa shape index (κ2) is 6.45. The summed E-state index contributed by atoms with van der Waals surface area (Å²) in [6, 6.07) is 4.72. The number of halogens is 1. The van der Waals surface area contributed by atoms with E-state index in [1.54, 1.807) is 41.6 Å². The number of aromatic nitrogens is 5. The molecule has 8 nitrogen and oxygen atoms in total. The number of benzene rings is 1. The van der Waals surface area contributed by atoms with Crippen LogP contribution in [0.3, 0.4) is 0 Å². The maximum atomic E-state index is 14.0. The largest absolute Gasteiger partial charge is 0.490 e. The molecule has 5 rings (SSSR count). The van der Waals surface area contributed by atoms with Gasteiger partial charge in [-0.3, -0.25) is 4.98 Å². The van der Waals surface area contributed by atoms with Crippen LogP contribution in [0.15, 0.2) is 49.2 Å². The smallest absolute Gasteiger partial charge is 0.165 e. The normalized spacial score (nSPS) is 15.8. The van der Waals surface area contributed by atoms with E-state index >= 15 is 0 Å². The molecule has 0 radical (unpaired) electrons. The van der Waals surface area contributed by atoms with E-state index in [9.17, 15) is 4.39 Å². The summed E-state index contributed by atoms with van der Waals surface area (Å²) in [7, 11) is 0. The van der Waals surface area contributed by atoms with Crippen LogP contribution in [-0.4, -0.2) is 31.2 Å². The summed E-state index contributed by atoms with van der Waals surface area (Å²) in [6.07, 6.45) is 9.01. The van der Waals surface area contributed by atoms with Gasteiger partial charge in [0.1, 0.15) is 0 Å². The first-order valence-electron chi connectivity index (χ1n) is 8.78. The predicted molar refractivity (Wildman–Crippen MR) is 101 cm³/mol. The third-order valence-corrected chi connectivity index (χ3v) is 4.72. The summed E-state index contributed by atoms with van der Waals surface area (Å²) in [5.74, 6) is 0.855. The molecule has 0 aliphatic carbocycles. The van der Waals surface area contributed by atoms with Crippen molar-refractivity contribution >= 4 is 17.0 Å². The molecule has 3 aromatic heterocycles. The van der Waals surface area contributed by atoms with Crippen LogP contribution in [-0.2, 0) is 0 Å². The topological polar surface area (TPSA) is 103 Å². The Hall–Kier alpha value is -3.75. The lowest BCUT2D eigenvalue weighted by Gasteiger charge is -2.27. The first-order chi connectivity index (χ1) is 13.7. The van der Waals surface area contributed by atoms with Gasteiger partial charge in [-0.05, 0) is 6.07 Å². The molecule has 0 saturated carbocycles. The summed E-state index contributed by atoms with van der Waals surface area (Å²) in [5, 5.41) is 7.61. The molecule has 4 heterocycles. The molecule has 0 bridgehead atoms. The van der Waals surface area contributed by atoms with Gasteiger partial charge in [-0.2, -0.15) is 5.10 Å². The Labute approximate surface area is 159 Å². The summed E-state index contributed by atoms with van der Waals surface area (Å²) >= 11 is 0. The average molecular weight is 377 g/mol. The van der Waals surface area contributed by atoms with Crippen molar-refractivity contribution in [3.63, 3.8) is 0 Å². The maximum absolute atomic E-state index is 14.0. The third-order valence-electron chi connectivity index (χ3n) is 4.72. The number of hydrogen-bond acceptors (Lipinski definition) is 7. The van der Waals surface area contributed by atoms with Gasteiger partial charge in [-0.15, -0.1) is 0 Å². The summed E-state index contributed by atoms with van der Waals surface area (Å²) in [5.41, 5.74) is 8.78. The molecule has 0 amide bonds. The second-order valence-corrected chi connectivity index (χ2v) is 6.45. The van der Waals surface area contributed by atoms with E-state index in [0.717, 1.165) is 16.6 Å². The monoisotopic (exact) mass is 377 g/mol. The minimum atomic E-state index is -0.376. The van der Waals surface area contributed by atoms with E-state index in [0.29, 0.717) is 30.4 Å². The minimum absolute atomic E-state index is 0.171. The Morgan fingerprint density at radius 2 is 2.18 bits per heavy atom. The van der Waals surface area contributed by atoms with E-state index in [2.05, 4.69) is 25.4 Å². The van der Waals surface area contributed by atoms with E-state index in [1.165, 1.54) is 6.07 Å². The van der Waals surface area contributed by atoms with Crippen LogP contribution in [0.25, 0.3) is 16.9 Å². The molecule has 1 aliphatic heterocycles. The molecule has 0 unspecified atom stereocenters. The Morgan fingerprint density at radius 3 is 3.11 bits per heavy atom. The Morgan fingerprint density at radius 1 is 1.25 bits per heavy atom. The van der Waals surface area contributed by atoms with Crippen molar-refractivity contribution < 1.29 is 9.13 Å². The fourth-order valence-corrected chi connectivity index (χ4v) is 3.34. The van der Waals surface area contributed by atoms with Gasteiger partial charge in [0, 0.05) is 24.4 Å². The standard InChI is InChI=1S/C19H16FN7O/c20-13-3-1-2-11-15(4-7-28-17(11)13)25-19-14(21)9-23-18(26-19)12-8-24-27-6-5-22-10-16(12)27/h1-3,5-6,8-10,15H,4,7,21H2,(H,23,25,26)/t15-/m1/s1. The van der Waals surface area contributed by atoms with Crippen molar-refractivity contribution in [2.75, 3.05) is 17.7 Å². The SMILES string of the molecule is Nc1cnc(-c2cnn3ccncc23)nc1N[C@@H]1CCOc2c(F)cccc21. The van der Waals surface area contributed by atoms with Crippen molar-refractivity contribution in [2.24, 2.45) is 0 Å². The molecular formula is C19H16FN7O. The highest BCUT2D eigenvalue weighted by Gasteiger charge is 2.25. The quantitative estimate of drug-likeness (QED) is 0.566. The van der Waals surface area contributed by atoms with Gasteiger partial charge in [0.15, 0.2) is 23.2 Å². The van der Waals surface area contributed by atoms with Crippen LogP contribution in [0.1, 0.15) is 18.0 Å². The number of nitrogen functional groups attached to an aromatic ring is 1. The molecule has 0 fully saturated rings. The van der Waals surface area contributed by atoms with Crippen molar-refractivity contribution in [1.82, 2.24) is 24.6 Å². The zero-order valence-electron chi connectivity index (χ0n) is 14.7. The lowest BCUT2D eigenvalue weighted by molar-refractivity contribution is 0.260. The third kappa shape index (κ3) is 2.68. The van der Waals surface area contributed by atoms with Gasteiger partial charge in [-0.25, -0.2) is 18.9 Å². The van der Waals surface area contributed by atoms with E-state index < -0.39 is 0 Å². The number of nitrogens with one attached hydrogen (secondary N) is 1. The molecule has 4 aromatic rings. The van der Waals surface area contributed by atoms with Crippen LogP contribution >= 0.6 is 0 Å². The number of rotatable bonds is 3. The molecule has 1 atom stereocenters. The number of fused-ring (bicyclic) bond motifs is 2. The number of anilines is 2. The van der Waals surface area contributed by atoms with Crippen molar-refractivity contribution in [3.05, 3.63) is 60.6 Å². The van der Waals surface area contributed by atoms with Crippen LogP contribution < -0.4 is 15.8 Å². The van der Waals surface area contributed by atoms with E-state index in [-0.39, 0.29) is 17.6 Å². The molecule has 0 spiro atoms. The summed E-state index contributed by atoms with van der Waals surface area (Å²) in [4.78, 5) is 13.1. The molecule has 28 heavy (non-hydrogen) atoms. The molecule has 140 valence electrons. The van der Waals surface area contributed by atoms with Crippen LogP contribution in [0, 0.1) is 5.82 Å². The number of para-hydroxylation sites is 1. The summed E-state index contributed by atoms with van der Waals surface area (Å²) < 4.78 is 21.2. The number of hydrogen-bond donors (Lipinski definition) is 2. The number of nitrogens with zero attached hydrogens (tertiary/aromatic N) is 5. The van der Waals surface area contributed by atoms with Crippen LogP contribution in [0.4, 0.5) is 15.9 Å². The first-order valence-corrected chi connectivity index (χ1v) is 8.78. The van der Waals surface area contributed by atoms with Gasteiger partial charge in [0.05, 0.1) is 48.0 Å². The van der Waals surface area contributed by atoms with Gasteiger partial charge in [0.25, 0.3) is 0 Å². The number of ether oxygens (including phenoxy) is 1. The van der Waals surface area contributed by atoms with Crippen molar-refractivity contribution in [2.45, 2.75) is 12.5 Å². The number of nitrogens with two attached hydrogens (primary N) is 1. The average Bonchev–Trinajstić information content (AvgIpc) is 3.15. The van der Waals surface area contributed by atoms with Crippen molar-refractivity contribution in [1.29, 1.82) is 0 Å². The first kappa shape index (κ1) is 16.4. The molecule has 3 N–H and O–H groups in total.